The first-order chi connectivity index (χ1) is 17.5. The molecule has 0 aliphatic carbocycles. The number of nitrogens with zero attached hydrogens (tertiary/aromatic N) is 3. The Morgan fingerprint density at radius 1 is 1.11 bits per heavy atom. The zero-order valence-electron chi connectivity index (χ0n) is 20.6. The number of amides is 2. The molecule has 1 aliphatic rings. The molecule has 0 atom stereocenters. The molecule has 4 aromatic rings. The summed E-state index contributed by atoms with van der Waals surface area (Å²) in [5.74, 6) is 1.66. The minimum absolute atomic E-state index is 0.145. The van der Waals surface area contributed by atoms with Crippen molar-refractivity contribution in [2.75, 3.05) is 25.6 Å². The first-order valence-corrected chi connectivity index (χ1v) is 11.9. The van der Waals surface area contributed by atoms with E-state index >= 15 is 0 Å². The topological polar surface area (TPSA) is 85.7 Å². The van der Waals surface area contributed by atoms with Crippen LogP contribution in [0, 0.1) is 0 Å². The maximum Gasteiger partial charge on any atom is 0.259 e. The molecule has 0 bridgehead atoms. The van der Waals surface area contributed by atoms with E-state index in [9.17, 15) is 9.59 Å². The van der Waals surface area contributed by atoms with Gasteiger partial charge in [-0.1, -0.05) is 37.3 Å². The van der Waals surface area contributed by atoms with Crippen molar-refractivity contribution >= 4 is 28.5 Å². The molecule has 0 saturated heterocycles. The van der Waals surface area contributed by atoms with Gasteiger partial charge in [0.05, 0.1) is 35.9 Å². The van der Waals surface area contributed by atoms with Gasteiger partial charge in [0.1, 0.15) is 23.9 Å². The minimum atomic E-state index is -0.324. The highest BCUT2D eigenvalue weighted by Crippen LogP contribution is 2.30. The number of aromatic nitrogens is 2. The van der Waals surface area contributed by atoms with Gasteiger partial charge in [-0.25, -0.2) is 4.98 Å². The highest BCUT2D eigenvalue weighted by Gasteiger charge is 2.24. The first-order valence-electron chi connectivity index (χ1n) is 11.9. The zero-order valence-corrected chi connectivity index (χ0v) is 20.6. The lowest BCUT2D eigenvalue weighted by Gasteiger charge is -2.20. The number of hydrogen-bond acceptors (Lipinski definition) is 5. The van der Waals surface area contributed by atoms with Crippen LogP contribution in [0.1, 0.15) is 39.0 Å². The van der Waals surface area contributed by atoms with Gasteiger partial charge in [0.25, 0.3) is 11.8 Å². The van der Waals surface area contributed by atoms with Crippen LogP contribution in [0.5, 0.6) is 11.5 Å². The van der Waals surface area contributed by atoms with Crippen molar-refractivity contribution < 1.29 is 19.1 Å². The molecule has 3 aromatic carbocycles. The van der Waals surface area contributed by atoms with E-state index in [0.717, 1.165) is 22.7 Å². The second kappa shape index (κ2) is 9.73. The van der Waals surface area contributed by atoms with Crippen LogP contribution in [0.2, 0.25) is 0 Å². The highest BCUT2D eigenvalue weighted by molar-refractivity contribution is 6.11. The number of nitrogens with one attached hydrogen (secondary N) is 1. The summed E-state index contributed by atoms with van der Waals surface area (Å²) in [7, 11) is 3.44. The van der Waals surface area contributed by atoms with Gasteiger partial charge in [-0.2, -0.15) is 0 Å². The van der Waals surface area contributed by atoms with Crippen molar-refractivity contribution in [1.82, 2.24) is 14.5 Å². The van der Waals surface area contributed by atoms with Crippen LogP contribution in [-0.4, -0.2) is 46.5 Å². The van der Waals surface area contributed by atoms with E-state index in [2.05, 4.69) is 5.32 Å². The molecule has 0 radical (unpaired) electrons. The predicted molar refractivity (Wildman–Crippen MR) is 138 cm³/mol. The van der Waals surface area contributed by atoms with Gasteiger partial charge in [0.2, 0.25) is 0 Å². The van der Waals surface area contributed by atoms with Crippen LogP contribution in [0.15, 0.2) is 60.7 Å². The summed E-state index contributed by atoms with van der Waals surface area (Å²) in [4.78, 5) is 33.4. The summed E-state index contributed by atoms with van der Waals surface area (Å²) < 4.78 is 13.2. The van der Waals surface area contributed by atoms with Crippen molar-refractivity contribution in [2.24, 2.45) is 7.05 Å². The number of methoxy groups -OCH3 is 1. The Hall–Kier alpha value is -4.33. The highest BCUT2D eigenvalue weighted by atomic mass is 16.5. The lowest BCUT2D eigenvalue weighted by atomic mass is 10.1. The van der Waals surface area contributed by atoms with Crippen LogP contribution in [-0.2, 0) is 20.0 Å². The molecular formula is C28H28N4O4. The van der Waals surface area contributed by atoms with Gasteiger partial charge >= 0.3 is 0 Å². The van der Waals surface area contributed by atoms with Gasteiger partial charge in [-0.3, -0.25) is 9.59 Å². The first kappa shape index (κ1) is 23.4. The molecule has 2 heterocycles. The van der Waals surface area contributed by atoms with Crippen LogP contribution < -0.4 is 14.8 Å². The summed E-state index contributed by atoms with van der Waals surface area (Å²) in [6, 6.07) is 18.3. The van der Waals surface area contributed by atoms with E-state index in [-0.39, 0.29) is 11.8 Å². The summed E-state index contributed by atoms with van der Waals surface area (Å²) in [5, 5.41) is 3.01. The van der Waals surface area contributed by atoms with E-state index in [1.807, 2.05) is 48.9 Å². The predicted octanol–water partition coefficient (Wildman–Crippen LogP) is 4.43. The van der Waals surface area contributed by atoms with Crippen molar-refractivity contribution in [3.05, 3.63) is 83.2 Å². The van der Waals surface area contributed by atoms with Crippen molar-refractivity contribution in [3.63, 3.8) is 0 Å². The molecule has 1 aliphatic heterocycles. The van der Waals surface area contributed by atoms with E-state index in [4.69, 9.17) is 14.5 Å². The van der Waals surface area contributed by atoms with Gasteiger partial charge in [-0.15, -0.1) is 0 Å². The quantitative estimate of drug-likeness (QED) is 0.453. The minimum Gasteiger partial charge on any atom is -0.496 e. The molecule has 1 N–H and O–H groups in total. The lowest BCUT2D eigenvalue weighted by molar-refractivity contribution is 0.0733. The van der Waals surface area contributed by atoms with E-state index < -0.39 is 0 Å². The summed E-state index contributed by atoms with van der Waals surface area (Å²) in [6.07, 6.45) is 0.717. The van der Waals surface area contributed by atoms with Crippen LogP contribution >= 0.6 is 0 Å². The van der Waals surface area contributed by atoms with Crippen LogP contribution in [0.3, 0.4) is 0 Å². The Morgan fingerprint density at radius 3 is 2.69 bits per heavy atom. The SMILES string of the molecule is CCc1nc2cc(C(=O)N3CCOc4ccccc4C3)cc(NC(=O)c3ccccc3OC)c2n1C. The Bertz CT molecular complexity index is 1460. The van der Waals surface area contributed by atoms with Crippen molar-refractivity contribution in [2.45, 2.75) is 19.9 Å². The number of rotatable bonds is 5. The van der Waals surface area contributed by atoms with E-state index in [1.165, 1.54) is 7.11 Å². The molecule has 8 nitrogen and oxygen atoms in total. The van der Waals surface area contributed by atoms with Gasteiger partial charge in [-0.05, 0) is 30.3 Å². The second-order valence-corrected chi connectivity index (χ2v) is 8.67. The van der Waals surface area contributed by atoms with E-state index in [1.54, 1.807) is 35.2 Å². The molecule has 1 aromatic heterocycles. The molecule has 0 fully saturated rings. The zero-order chi connectivity index (χ0) is 25.2. The molecule has 36 heavy (non-hydrogen) atoms. The fourth-order valence-corrected chi connectivity index (χ4v) is 4.64. The molecule has 8 heteroatoms. The van der Waals surface area contributed by atoms with Gasteiger partial charge in [0.15, 0.2) is 0 Å². The molecule has 0 spiro atoms. The smallest absolute Gasteiger partial charge is 0.259 e. The number of ether oxygens (including phenoxy) is 2. The van der Waals surface area contributed by atoms with Crippen molar-refractivity contribution in [1.29, 1.82) is 0 Å². The number of para-hydroxylation sites is 2. The Kier molecular flexibility index (Phi) is 6.33. The van der Waals surface area contributed by atoms with Crippen molar-refractivity contribution in [3.8, 4) is 11.5 Å². The Labute approximate surface area is 209 Å². The second-order valence-electron chi connectivity index (χ2n) is 8.67. The fraction of sp³-hybridized carbons (Fsp3) is 0.250. The third-order valence-electron chi connectivity index (χ3n) is 6.46. The van der Waals surface area contributed by atoms with Gasteiger partial charge in [0, 0.05) is 31.1 Å². The average molecular weight is 485 g/mol. The standard InChI is InChI=1S/C28H28N4O4/c1-4-25-29-21-15-19(28(34)32-13-14-36-23-11-7-5-9-18(23)17-32)16-22(26(21)31(25)2)30-27(33)20-10-6-8-12-24(20)35-3/h5-12,15-16H,4,13-14,17H2,1-3H3,(H,30,33). The van der Waals surface area contributed by atoms with Crippen LogP contribution in [0.4, 0.5) is 5.69 Å². The monoisotopic (exact) mass is 484 g/mol. The number of hydrogen-bond donors (Lipinski definition) is 1. The third kappa shape index (κ3) is 4.26. The maximum absolute atomic E-state index is 13.7. The Balaban J connectivity index is 1.54. The number of anilines is 1. The number of carbonyl (C=O) groups is 2. The number of fused-ring (bicyclic) bond motifs is 2. The van der Waals surface area contributed by atoms with E-state index in [0.29, 0.717) is 54.2 Å². The fourth-order valence-electron chi connectivity index (χ4n) is 4.64. The molecular weight excluding hydrogens is 456 g/mol. The molecule has 0 unspecified atom stereocenters. The van der Waals surface area contributed by atoms with Gasteiger partial charge < -0.3 is 24.3 Å². The van der Waals surface area contributed by atoms with Crippen LogP contribution in [0.25, 0.3) is 11.0 Å². The average Bonchev–Trinajstić information content (AvgIpc) is 3.08. The summed E-state index contributed by atoms with van der Waals surface area (Å²) >= 11 is 0. The molecule has 2 amide bonds. The largest absolute Gasteiger partial charge is 0.496 e. The Morgan fingerprint density at radius 2 is 1.89 bits per heavy atom. The maximum atomic E-state index is 13.7. The molecule has 0 saturated carbocycles. The summed E-state index contributed by atoms with van der Waals surface area (Å²) in [6.45, 7) is 3.33. The number of benzene rings is 3. The number of imidazole rings is 1. The molecule has 5 rings (SSSR count). The third-order valence-corrected chi connectivity index (χ3v) is 6.46. The molecule has 184 valence electrons. The number of aryl methyl sites for hydroxylation is 2. The summed E-state index contributed by atoms with van der Waals surface area (Å²) in [5.41, 5.74) is 3.76. The number of carbonyl (C=O) groups excluding carboxylic acids is 2. The lowest BCUT2D eigenvalue weighted by Crippen LogP contribution is -2.32. The normalized spacial score (nSPS) is 13.0.